The monoisotopic (exact) mass is 298 g/mol. The number of nitrogens with zero attached hydrogens (tertiary/aromatic N) is 1. The Morgan fingerprint density at radius 3 is 2.55 bits per heavy atom. The molecule has 1 saturated carbocycles. The van der Waals surface area contributed by atoms with Gasteiger partial charge in [0.2, 0.25) is 0 Å². The average Bonchev–Trinajstić information content (AvgIpc) is 3.32. The van der Waals surface area contributed by atoms with Crippen LogP contribution in [0.5, 0.6) is 0 Å². The summed E-state index contributed by atoms with van der Waals surface area (Å²) in [4.78, 5) is 14.6. The van der Waals surface area contributed by atoms with E-state index >= 15 is 0 Å². The predicted molar refractivity (Wildman–Crippen MR) is 84.7 cm³/mol. The summed E-state index contributed by atoms with van der Waals surface area (Å²) in [5.74, 6) is 0.300. The summed E-state index contributed by atoms with van der Waals surface area (Å²) in [6.45, 7) is 1.23. The number of nitrogen functional groups attached to an aromatic ring is 1. The second-order valence-electron chi connectivity index (χ2n) is 5.88. The molecule has 3 nitrogen and oxygen atoms in total. The Hall–Kier alpha value is -2.36. The molecule has 114 valence electrons. The fourth-order valence-electron chi connectivity index (χ4n) is 2.50. The van der Waals surface area contributed by atoms with E-state index in [2.05, 4.69) is 0 Å². The first-order chi connectivity index (χ1) is 10.6. The number of benzene rings is 2. The van der Waals surface area contributed by atoms with Crippen LogP contribution < -0.4 is 5.73 Å². The maximum Gasteiger partial charge on any atom is 0.254 e. The molecule has 22 heavy (non-hydrogen) atoms. The van der Waals surface area contributed by atoms with Gasteiger partial charge in [-0.1, -0.05) is 18.2 Å². The molecule has 1 amide bonds. The Balaban J connectivity index is 1.79. The Kier molecular flexibility index (Phi) is 4.09. The van der Waals surface area contributed by atoms with Crippen molar-refractivity contribution >= 4 is 11.6 Å². The zero-order valence-corrected chi connectivity index (χ0v) is 12.3. The van der Waals surface area contributed by atoms with Crippen molar-refractivity contribution in [3.63, 3.8) is 0 Å². The Morgan fingerprint density at radius 1 is 1.18 bits per heavy atom. The predicted octanol–water partition coefficient (Wildman–Crippen LogP) is 3.46. The number of carbonyl (C=O) groups excluding carboxylic acids is 1. The highest BCUT2D eigenvalue weighted by Crippen LogP contribution is 2.30. The van der Waals surface area contributed by atoms with E-state index in [9.17, 15) is 9.18 Å². The van der Waals surface area contributed by atoms with Gasteiger partial charge in [0.25, 0.3) is 5.91 Å². The molecule has 1 aliphatic carbocycles. The molecule has 1 fully saturated rings. The van der Waals surface area contributed by atoms with E-state index in [1.54, 1.807) is 36.4 Å². The van der Waals surface area contributed by atoms with Crippen molar-refractivity contribution in [2.45, 2.75) is 19.4 Å². The summed E-state index contributed by atoms with van der Waals surface area (Å²) in [5.41, 5.74) is 7.88. The number of halogens is 1. The fraction of sp³-hybridized carbons (Fsp3) is 0.278. The van der Waals surface area contributed by atoms with E-state index in [0.29, 0.717) is 23.7 Å². The quantitative estimate of drug-likeness (QED) is 0.859. The molecule has 4 heteroatoms. The topological polar surface area (TPSA) is 46.3 Å². The zero-order chi connectivity index (χ0) is 15.5. The van der Waals surface area contributed by atoms with Crippen molar-refractivity contribution in [3.8, 4) is 0 Å². The third kappa shape index (κ3) is 3.64. The van der Waals surface area contributed by atoms with E-state index < -0.39 is 0 Å². The van der Waals surface area contributed by atoms with Gasteiger partial charge in [0.05, 0.1) is 0 Å². The summed E-state index contributed by atoms with van der Waals surface area (Å²) in [6, 6.07) is 13.3. The first-order valence-corrected chi connectivity index (χ1v) is 7.51. The van der Waals surface area contributed by atoms with Crippen molar-refractivity contribution in [1.29, 1.82) is 0 Å². The molecule has 2 aromatic rings. The molecular weight excluding hydrogens is 279 g/mol. The van der Waals surface area contributed by atoms with Crippen LogP contribution in [0.15, 0.2) is 48.5 Å². The van der Waals surface area contributed by atoms with E-state index in [-0.39, 0.29) is 11.7 Å². The minimum atomic E-state index is -0.264. The smallest absolute Gasteiger partial charge is 0.254 e. The van der Waals surface area contributed by atoms with E-state index in [1.807, 2.05) is 4.90 Å². The van der Waals surface area contributed by atoms with Crippen LogP contribution >= 0.6 is 0 Å². The van der Waals surface area contributed by atoms with Crippen LogP contribution in [0, 0.1) is 11.7 Å². The molecule has 0 bridgehead atoms. The molecule has 0 spiro atoms. The molecule has 0 unspecified atom stereocenters. The number of carbonyl (C=O) groups is 1. The molecule has 2 N–H and O–H groups in total. The minimum absolute atomic E-state index is 0.0245. The van der Waals surface area contributed by atoms with Crippen LogP contribution in [0.1, 0.15) is 28.8 Å². The molecule has 0 atom stereocenters. The highest BCUT2D eigenvalue weighted by atomic mass is 19.1. The van der Waals surface area contributed by atoms with Crippen molar-refractivity contribution in [2.24, 2.45) is 5.92 Å². The van der Waals surface area contributed by atoms with Gasteiger partial charge in [-0.25, -0.2) is 4.39 Å². The molecule has 0 aliphatic heterocycles. The van der Waals surface area contributed by atoms with Crippen LogP contribution in [-0.4, -0.2) is 17.4 Å². The second-order valence-corrected chi connectivity index (χ2v) is 5.88. The van der Waals surface area contributed by atoms with Gasteiger partial charge in [-0.05, 0) is 54.7 Å². The molecule has 2 aromatic carbocycles. The van der Waals surface area contributed by atoms with Crippen molar-refractivity contribution in [2.75, 3.05) is 12.3 Å². The fourth-order valence-corrected chi connectivity index (χ4v) is 2.50. The Bertz CT molecular complexity index is 665. The Labute approximate surface area is 129 Å². The maximum atomic E-state index is 13.0. The first-order valence-electron chi connectivity index (χ1n) is 7.51. The van der Waals surface area contributed by atoms with Crippen molar-refractivity contribution in [1.82, 2.24) is 4.90 Å². The van der Waals surface area contributed by atoms with Crippen LogP contribution in [0.2, 0.25) is 0 Å². The SMILES string of the molecule is Nc1cccc(C(=O)N(Cc2ccc(F)cc2)CC2CC2)c1. The van der Waals surface area contributed by atoms with Gasteiger partial charge in [0.1, 0.15) is 5.82 Å². The van der Waals surface area contributed by atoms with Crippen molar-refractivity contribution < 1.29 is 9.18 Å². The maximum absolute atomic E-state index is 13.0. The number of rotatable bonds is 5. The van der Waals surface area contributed by atoms with Crippen LogP contribution in [0.25, 0.3) is 0 Å². The highest BCUT2D eigenvalue weighted by Gasteiger charge is 2.27. The molecule has 1 aliphatic rings. The molecule has 0 heterocycles. The number of hydrogen-bond donors (Lipinski definition) is 1. The second kappa shape index (κ2) is 6.18. The van der Waals surface area contributed by atoms with E-state index in [0.717, 1.165) is 12.1 Å². The largest absolute Gasteiger partial charge is 0.399 e. The number of anilines is 1. The summed E-state index contributed by atoms with van der Waals surface area (Å²) in [5, 5.41) is 0. The zero-order valence-electron chi connectivity index (χ0n) is 12.3. The Morgan fingerprint density at radius 2 is 1.91 bits per heavy atom. The van der Waals surface area contributed by atoms with Crippen LogP contribution in [0.3, 0.4) is 0 Å². The van der Waals surface area contributed by atoms with Gasteiger partial charge < -0.3 is 10.6 Å². The molecule has 0 aromatic heterocycles. The normalized spacial score (nSPS) is 13.9. The van der Waals surface area contributed by atoms with E-state index in [1.165, 1.54) is 25.0 Å². The van der Waals surface area contributed by atoms with Crippen LogP contribution in [0.4, 0.5) is 10.1 Å². The summed E-state index contributed by atoms with van der Waals surface area (Å²) >= 11 is 0. The first kappa shape index (κ1) is 14.6. The lowest BCUT2D eigenvalue weighted by Crippen LogP contribution is -2.32. The highest BCUT2D eigenvalue weighted by molar-refractivity contribution is 5.95. The average molecular weight is 298 g/mol. The summed E-state index contributed by atoms with van der Waals surface area (Å²) < 4.78 is 13.0. The van der Waals surface area contributed by atoms with Crippen LogP contribution in [-0.2, 0) is 6.54 Å². The van der Waals surface area contributed by atoms with Gasteiger partial charge in [0, 0.05) is 24.3 Å². The van der Waals surface area contributed by atoms with Gasteiger partial charge in [-0.3, -0.25) is 4.79 Å². The van der Waals surface area contributed by atoms with Gasteiger partial charge in [0.15, 0.2) is 0 Å². The lowest BCUT2D eigenvalue weighted by Gasteiger charge is -2.23. The van der Waals surface area contributed by atoms with Gasteiger partial charge in [-0.2, -0.15) is 0 Å². The number of hydrogen-bond acceptors (Lipinski definition) is 2. The number of nitrogens with two attached hydrogens (primary N) is 1. The van der Waals surface area contributed by atoms with Gasteiger partial charge in [-0.15, -0.1) is 0 Å². The lowest BCUT2D eigenvalue weighted by molar-refractivity contribution is 0.0735. The summed E-state index contributed by atoms with van der Waals surface area (Å²) in [6.07, 6.45) is 2.34. The van der Waals surface area contributed by atoms with Gasteiger partial charge >= 0.3 is 0 Å². The lowest BCUT2D eigenvalue weighted by atomic mass is 10.1. The third-order valence-electron chi connectivity index (χ3n) is 3.88. The molecule has 0 radical (unpaired) electrons. The molecular formula is C18H19FN2O. The molecule has 3 rings (SSSR count). The minimum Gasteiger partial charge on any atom is -0.399 e. The van der Waals surface area contributed by atoms with Crippen molar-refractivity contribution in [3.05, 3.63) is 65.5 Å². The standard InChI is InChI=1S/C18H19FN2O/c19-16-8-6-14(7-9-16)12-21(11-13-4-5-13)18(22)15-2-1-3-17(20)10-15/h1-3,6-10,13H,4-5,11-12,20H2. The summed E-state index contributed by atoms with van der Waals surface area (Å²) in [7, 11) is 0. The third-order valence-corrected chi connectivity index (χ3v) is 3.88. The number of amides is 1. The molecule has 0 saturated heterocycles. The van der Waals surface area contributed by atoms with E-state index in [4.69, 9.17) is 5.73 Å².